The molecule has 1 saturated carbocycles. The van der Waals surface area contributed by atoms with E-state index < -0.39 is 12.1 Å². The number of hydrogen-bond donors (Lipinski definition) is 2. The molecule has 1 amide bonds. The Labute approximate surface area is 386 Å². The zero-order valence-electron chi connectivity index (χ0n) is 36.3. The van der Waals surface area contributed by atoms with Gasteiger partial charge in [0.05, 0.1) is 34.5 Å². The number of nitrogens with zero attached hydrogens (tertiary/aromatic N) is 9. The summed E-state index contributed by atoms with van der Waals surface area (Å²) in [5.41, 5.74) is 6.76. The second-order valence-electron chi connectivity index (χ2n) is 17.4. The number of halogens is 2. The van der Waals surface area contributed by atoms with Gasteiger partial charge in [0.1, 0.15) is 35.3 Å². The molecule has 3 aliphatic heterocycles. The number of pyridine rings is 1. The summed E-state index contributed by atoms with van der Waals surface area (Å²) in [6.45, 7) is 13.1. The van der Waals surface area contributed by atoms with Gasteiger partial charge in [0, 0.05) is 78.4 Å². The van der Waals surface area contributed by atoms with E-state index in [4.69, 9.17) is 42.7 Å². The van der Waals surface area contributed by atoms with Crippen molar-refractivity contribution in [3.05, 3.63) is 97.9 Å². The van der Waals surface area contributed by atoms with Crippen molar-refractivity contribution >= 4 is 57.3 Å². The molecule has 3 fully saturated rings. The van der Waals surface area contributed by atoms with E-state index in [0.29, 0.717) is 51.4 Å². The molecule has 10 rings (SSSR count). The number of amides is 1. The van der Waals surface area contributed by atoms with Crippen LogP contribution in [0.1, 0.15) is 77.8 Å². The second-order valence-corrected chi connectivity index (χ2v) is 19.4. The highest BCUT2D eigenvalue weighted by Crippen LogP contribution is 2.40. The molecule has 7 heterocycles. The number of nitrogens with one attached hydrogen (secondary N) is 1. The molecule has 4 aromatic heterocycles. The van der Waals surface area contributed by atoms with Crippen molar-refractivity contribution in [3.63, 3.8) is 0 Å². The van der Waals surface area contributed by atoms with Gasteiger partial charge in [-0.25, -0.2) is 4.98 Å². The van der Waals surface area contributed by atoms with Crippen molar-refractivity contribution < 1.29 is 19.4 Å². The number of imidazole rings is 1. The number of fused-ring (bicyclic) bond motifs is 4. The van der Waals surface area contributed by atoms with Crippen molar-refractivity contribution in [1.82, 2.24) is 44.4 Å². The standard InChI is InChI=1S/C47H52Cl2N10O4S/c1-27-28(2)64-46-41(27)43(31-7-11-32(48)12-8-31)50-37(45-55-54-29(3)59(45)46)26-40(61)58-17-15-33(16-18-58)57-21-19-56(20-22-57)23-24-62-34-13-9-30(10-14-34)42-35(49)25-36-44(52-42)53-47(51-36)63-39-6-4-5-38(39)60/h7-14,25,33,37-39,60H,4-6,15-24,26H2,1-3H3,(H,51,52,53)/t37-,38-,39-/m0/s1. The summed E-state index contributed by atoms with van der Waals surface area (Å²) in [6, 6.07) is 17.8. The molecule has 0 radical (unpaired) electrons. The molecule has 14 nitrogen and oxygen atoms in total. The summed E-state index contributed by atoms with van der Waals surface area (Å²) in [5.74, 6) is 2.39. The molecule has 334 valence electrons. The largest absolute Gasteiger partial charge is 0.492 e. The van der Waals surface area contributed by atoms with Crippen LogP contribution in [0.25, 0.3) is 27.4 Å². The number of carbonyl (C=O) groups excluding carboxylic acids is 1. The predicted molar refractivity (Wildman–Crippen MR) is 250 cm³/mol. The van der Waals surface area contributed by atoms with Crippen molar-refractivity contribution in [2.75, 3.05) is 52.4 Å². The highest BCUT2D eigenvalue weighted by atomic mass is 35.5. The molecule has 0 bridgehead atoms. The van der Waals surface area contributed by atoms with E-state index in [0.717, 1.165) is 117 Å². The first-order valence-electron chi connectivity index (χ1n) is 22.3. The maximum atomic E-state index is 14.1. The van der Waals surface area contributed by atoms with Crippen LogP contribution in [0, 0.1) is 20.8 Å². The summed E-state index contributed by atoms with van der Waals surface area (Å²) in [7, 11) is 0. The average Bonchev–Trinajstić information content (AvgIpc) is 4.06. The monoisotopic (exact) mass is 922 g/mol. The van der Waals surface area contributed by atoms with Gasteiger partial charge in [-0.3, -0.25) is 24.2 Å². The first-order chi connectivity index (χ1) is 31.1. The highest BCUT2D eigenvalue weighted by Gasteiger charge is 2.35. The number of aromatic amines is 1. The lowest BCUT2D eigenvalue weighted by molar-refractivity contribution is -0.133. The van der Waals surface area contributed by atoms with Crippen LogP contribution in [-0.4, -0.2) is 132 Å². The van der Waals surface area contributed by atoms with Crippen molar-refractivity contribution in [1.29, 1.82) is 0 Å². The first kappa shape index (κ1) is 43.0. The van der Waals surface area contributed by atoms with E-state index in [-0.39, 0.29) is 18.4 Å². The van der Waals surface area contributed by atoms with Gasteiger partial charge in [0.2, 0.25) is 5.91 Å². The maximum Gasteiger partial charge on any atom is 0.296 e. The van der Waals surface area contributed by atoms with Crippen molar-refractivity contribution in [2.24, 2.45) is 4.99 Å². The summed E-state index contributed by atoms with van der Waals surface area (Å²) in [4.78, 5) is 40.1. The SMILES string of the molecule is Cc1sc2c(c1C)C(c1ccc(Cl)cc1)=N[C@@H](CC(=O)N1CCC(N3CCN(CCOc4ccc(-c5nc6nc(O[C@H]7CCC[C@@H]7O)[nH]c6cc5Cl)cc4)CC3)CC1)c1nnc(C)n1-2. The Morgan fingerprint density at radius 2 is 1.66 bits per heavy atom. The minimum absolute atomic E-state index is 0.102. The fourth-order valence-electron chi connectivity index (χ4n) is 9.60. The van der Waals surface area contributed by atoms with Gasteiger partial charge >= 0.3 is 0 Å². The first-order valence-corrected chi connectivity index (χ1v) is 23.9. The number of ether oxygens (including phenoxy) is 2. The molecule has 0 unspecified atom stereocenters. The number of likely N-dealkylation sites (tertiary alicyclic amines) is 1. The number of benzene rings is 2. The molecule has 1 aliphatic carbocycles. The van der Waals surface area contributed by atoms with E-state index >= 15 is 0 Å². The Morgan fingerprint density at radius 3 is 2.39 bits per heavy atom. The number of rotatable bonds is 11. The fourth-order valence-corrected chi connectivity index (χ4v) is 11.2. The fraction of sp³-hybridized carbons (Fsp3) is 0.447. The molecule has 3 atom stereocenters. The van der Waals surface area contributed by atoms with Crippen LogP contribution in [0.2, 0.25) is 10.0 Å². The second kappa shape index (κ2) is 18.2. The zero-order chi connectivity index (χ0) is 44.1. The molecule has 2 aromatic carbocycles. The van der Waals surface area contributed by atoms with E-state index in [2.05, 4.69) is 48.4 Å². The third-order valence-corrected chi connectivity index (χ3v) is 15.1. The number of thiophene rings is 1. The number of aliphatic hydroxyl groups excluding tert-OH is 1. The Morgan fingerprint density at radius 1 is 0.906 bits per heavy atom. The lowest BCUT2D eigenvalue weighted by atomic mass is 9.99. The average molecular weight is 924 g/mol. The number of hydrogen-bond acceptors (Lipinski definition) is 12. The Kier molecular flexibility index (Phi) is 12.2. The number of piperidine rings is 1. The minimum Gasteiger partial charge on any atom is -0.492 e. The lowest BCUT2D eigenvalue weighted by Gasteiger charge is -2.42. The quantitative estimate of drug-likeness (QED) is 0.132. The molecule has 2 saturated heterocycles. The predicted octanol–water partition coefficient (Wildman–Crippen LogP) is 7.76. The van der Waals surface area contributed by atoms with Crippen LogP contribution in [-0.2, 0) is 4.79 Å². The third kappa shape index (κ3) is 8.65. The zero-order valence-corrected chi connectivity index (χ0v) is 38.6. The van der Waals surface area contributed by atoms with E-state index in [9.17, 15) is 9.90 Å². The molecule has 17 heteroatoms. The van der Waals surface area contributed by atoms with Gasteiger partial charge in [-0.15, -0.1) is 21.5 Å². The number of aryl methyl sites for hydroxylation is 2. The Balaban J connectivity index is 0.699. The van der Waals surface area contributed by atoms with Gasteiger partial charge in [-0.1, -0.05) is 35.3 Å². The topological polar surface area (TPSA) is 150 Å². The summed E-state index contributed by atoms with van der Waals surface area (Å²) >= 11 is 14.7. The summed E-state index contributed by atoms with van der Waals surface area (Å²) in [6.07, 6.45) is 3.87. The Bertz CT molecular complexity index is 2680. The molecular weight excluding hydrogens is 872 g/mol. The summed E-state index contributed by atoms with van der Waals surface area (Å²) < 4.78 is 14.2. The van der Waals surface area contributed by atoms with Crippen molar-refractivity contribution in [2.45, 2.75) is 83.6 Å². The molecule has 64 heavy (non-hydrogen) atoms. The number of H-pyrrole nitrogens is 1. The number of piperazine rings is 1. The minimum atomic E-state index is -0.481. The molecule has 6 aromatic rings. The smallest absolute Gasteiger partial charge is 0.296 e. The van der Waals surface area contributed by atoms with Crippen LogP contribution in [0.3, 0.4) is 0 Å². The molecular formula is C47H52Cl2N10O4S. The molecule has 4 aliphatic rings. The number of aliphatic imine (C=N–C) groups is 1. The van der Waals surface area contributed by atoms with E-state index in [1.807, 2.05) is 66.4 Å². The van der Waals surface area contributed by atoms with Crippen LogP contribution in [0.4, 0.5) is 0 Å². The Hall–Kier alpha value is -4.90. The van der Waals surface area contributed by atoms with Gasteiger partial charge in [0.15, 0.2) is 11.5 Å². The van der Waals surface area contributed by atoms with Crippen LogP contribution < -0.4 is 9.47 Å². The molecule has 2 N–H and O–H groups in total. The van der Waals surface area contributed by atoms with Crippen LogP contribution in [0.5, 0.6) is 11.8 Å². The van der Waals surface area contributed by atoms with Crippen molar-refractivity contribution in [3.8, 4) is 28.0 Å². The lowest BCUT2D eigenvalue weighted by Crippen LogP contribution is -2.54. The number of aromatic nitrogens is 6. The third-order valence-electron chi connectivity index (χ3n) is 13.4. The normalized spacial score (nSPS) is 20.9. The van der Waals surface area contributed by atoms with E-state index in [1.165, 1.54) is 10.4 Å². The molecule has 0 spiro atoms. The van der Waals surface area contributed by atoms with Crippen LogP contribution in [0.15, 0.2) is 59.6 Å². The van der Waals surface area contributed by atoms with Gasteiger partial charge < -0.3 is 24.5 Å². The maximum absolute atomic E-state index is 14.1. The van der Waals surface area contributed by atoms with Gasteiger partial charge in [-0.05, 0) is 101 Å². The number of carbonyl (C=O) groups is 1. The van der Waals surface area contributed by atoms with Crippen LogP contribution >= 0.6 is 34.5 Å². The number of aliphatic hydroxyl groups is 1. The van der Waals surface area contributed by atoms with Gasteiger partial charge in [0.25, 0.3) is 6.01 Å². The van der Waals surface area contributed by atoms with E-state index in [1.54, 1.807) is 11.3 Å². The van der Waals surface area contributed by atoms with Gasteiger partial charge in [-0.2, -0.15) is 4.98 Å². The summed E-state index contributed by atoms with van der Waals surface area (Å²) in [5, 5.41) is 21.4. The highest BCUT2D eigenvalue weighted by molar-refractivity contribution is 7.15.